The predicted octanol–water partition coefficient (Wildman–Crippen LogP) is 2.66. The number of aromatic hydroxyl groups is 1. The molecule has 128 valence electrons. The highest BCUT2D eigenvalue weighted by Gasteiger charge is 2.03. The van der Waals surface area contributed by atoms with E-state index in [1.165, 1.54) is 6.21 Å². The normalized spacial score (nSPS) is 11.0. The van der Waals surface area contributed by atoms with Crippen LogP contribution in [0.5, 0.6) is 5.75 Å². The Labute approximate surface area is 160 Å². The number of fused-ring (bicyclic) bond motifs is 1. The minimum Gasteiger partial charge on any atom is -0.507 e. The highest BCUT2D eigenvalue weighted by atomic mass is 79.9. The highest BCUT2D eigenvalue weighted by Crippen LogP contribution is 2.21. The van der Waals surface area contributed by atoms with E-state index < -0.39 is 0 Å². The molecule has 0 aliphatic rings. The molecule has 0 saturated carbocycles. The van der Waals surface area contributed by atoms with Gasteiger partial charge >= 0.3 is 0 Å². The maximum Gasteiger partial charge on any atom is 0.259 e. The third-order valence-electron chi connectivity index (χ3n) is 3.72. The Morgan fingerprint density at radius 1 is 1.15 bits per heavy atom. The molecule has 0 aliphatic heterocycles. The number of phenolic OH excluding ortho intramolecular Hbond substituents is 1. The summed E-state index contributed by atoms with van der Waals surface area (Å²) in [5.41, 5.74) is 4.18. The van der Waals surface area contributed by atoms with Gasteiger partial charge < -0.3 is 10.4 Å². The van der Waals surface area contributed by atoms with Gasteiger partial charge in [-0.3, -0.25) is 4.79 Å². The van der Waals surface area contributed by atoms with Crippen LogP contribution in [0, 0.1) is 0 Å². The maximum atomic E-state index is 11.9. The van der Waals surface area contributed by atoms with Gasteiger partial charge in [0.1, 0.15) is 13.6 Å². The van der Waals surface area contributed by atoms with Crippen LogP contribution in [0.4, 0.5) is 5.69 Å². The molecule has 3 N–H and O–H groups in total. The number of nitrogens with zero attached hydrogens (tertiary/aromatic N) is 1. The van der Waals surface area contributed by atoms with E-state index >= 15 is 0 Å². The SMILES string of the molecule is [B]c1cc(/C=N/NC(=O)CNc2ccc3ccccc3c2)cc(Br)c1O. The van der Waals surface area contributed by atoms with Crippen molar-refractivity contribution in [2.45, 2.75) is 0 Å². The van der Waals surface area contributed by atoms with Crippen LogP contribution in [0.1, 0.15) is 5.56 Å². The standard InChI is InChI=1S/C19H15BBrN3O2/c20-16-7-12(8-17(21)19(16)26)10-23-24-18(25)11-22-15-6-5-13-3-1-2-4-14(13)9-15/h1-10,22,26H,11H2,(H,24,25)/b23-10+. The van der Waals surface area contributed by atoms with E-state index in [-0.39, 0.29) is 23.7 Å². The molecule has 0 aromatic heterocycles. The van der Waals surface area contributed by atoms with Gasteiger partial charge in [-0.15, -0.1) is 0 Å². The van der Waals surface area contributed by atoms with Crippen LogP contribution in [0.25, 0.3) is 10.8 Å². The van der Waals surface area contributed by atoms with Crippen molar-refractivity contribution >= 4 is 57.8 Å². The number of hydrogen-bond acceptors (Lipinski definition) is 4. The summed E-state index contributed by atoms with van der Waals surface area (Å²) in [4.78, 5) is 11.9. The fourth-order valence-electron chi connectivity index (χ4n) is 2.42. The van der Waals surface area contributed by atoms with Crippen LogP contribution in [0.15, 0.2) is 64.2 Å². The van der Waals surface area contributed by atoms with Crippen LogP contribution in [-0.2, 0) is 4.79 Å². The van der Waals surface area contributed by atoms with Crippen LogP contribution >= 0.6 is 15.9 Å². The number of hydrazone groups is 1. The van der Waals surface area contributed by atoms with E-state index in [1.807, 2.05) is 42.5 Å². The van der Waals surface area contributed by atoms with Crippen LogP contribution in [0.2, 0.25) is 0 Å². The summed E-state index contributed by atoms with van der Waals surface area (Å²) in [5.74, 6) is -0.300. The molecule has 3 aromatic carbocycles. The van der Waals surface area contributed by atoms with Crippen molar-refractivity contribution in [2.24, 2.45) is 5.10 Å². The summed E-state index contributed by atoms with van der Waals surface area (Å²) in [7, 11) is 5.67. The molecular formula is C19H15BBrN3O2. The summed E-state index contributed by atoms with van der Waals surface area (Å²) in [6.07, 6.45) is 1.45. The molecule has 3 aromatic rings. The Kier molecular flexibility index (Phi) is 5.58. The maximum absolute atomic E-state index is 11.9. The number of anilines is 1. The van der Waals surface area contributed by atoms with Gasteiger partial charge in [-0.1, -0.05) is 41.9 Å². The van der Waals surface area contributed by atoms with Gasteiger partial charge in [0.05, 0.1) is 17.2 Å². The van der Waals surface area contributed by atoms with Crippen molar-refractivity contribution in [1.82, 2.24) is 5.43 Å². The molecule has 0 heterocycles. The minimum absolute atomic E-state index is 0.0224. The lowest BCUT2D eigenvalue weighted by molar-refractivity contribution is -0.119. The average Bonchev–Trinajstić information content (AvgIpc) is 2.64. The van der Waals surface area contributed by atoms with Crippen molar-refractivity contribution in [1.29, 1.82) is 0 Å². The summed E-state index contributed by atoms with van der Waals surface area (Å²) < 4.78 is 0.461. The lowest BCUT2D eigenvalue weighted by Gasteiger charge is -2.07. The Hall–Kier alpha value is -2.80. The summed E-state index contributed by atoms with van der Waals surface area (Å²) in [6, 6.07) is 17.1. The number of benzene rings is 3. The average molecular weight is 408 g/mol. The number of nitrogens with one attached hydrogen (secondary N) is 2. The third-order valence-corrected chi connectivity index (χ3v) is 4.33. The number of rotatable bonds is 5. The second kappa shape index (κ2) is 8.06. The molecule has 3 rings (SSSR count). The van der Waals surface area contributed by atoms with Crippen molar-refractivity contribution in [3.63, 3.8) is 0 Å². The van der Waals surface area contributed by atoms with Gasteiger partial charge in [-0.25, -0.2) is 5.43 Å². The zero-order valence-corrected chi connectivity index (χ0v) is 15.3. The summed E-state index contributed by atoms with van der Waals surface area (Å²) in [6.45, 7) is 0.0943. The van der Waals surface area contributed by atoms with Crippen molar-refractivity contribution in [3.8, 4) is 5.75 Å². The fraction of sp³-hybridized carbons (Fsp3) is 0.0526. The lowest BCUT2D eigenvalue weighted by atomic mass is 9.93. The topological polar surface area (TPSA) is 73.7 Å². The first kappa shape index (κ1) is 18.0. The molecule has 0 saturated heterocycles. The molecule has 0 aliphatic carbocycles. The molecular weight excluding hydrogens is 393 g/mol. The highest BCUT2D eigenvalue weighted by molar-refractivity contribution is 9.10. The van der Waals surface area contributed by atoms with Crippen LogP contribution < -0.4 is 16.2 Å². The molecule has 0 unspecified atom stereocenters. The molecule has 0 bridgehead atoms. The second-order valence-electron chi connectivity index (χ2n) is 5.65. The fourth-order valence-corrected chi connectivity index (χ4v) is 2.91. The van der Waals surface area contributed by atoms with Crippen molar-refractivity contribution in [3.05, 3.63) is 64.6 Å². The van der Waals surface area contributed by atoms with Crippen molar-refractivity contribution < 1.29 is 9.90 Å². The molecule has 1 amide bonds. The van der Waals surface area contributed by atoms with Gasteiger partial charge in [0, 0.05) is 5.69 Å². The van der Waals surface area contributed by atoms with E-state index in [2.05, 4.69) is 31.8 Å². The molecule has 2 radical (unpaired) electrons. The second-order valence-corrected chi connectivity index (χ2v) is 6.50. The molecule has 0 spiro atoms. The van der Waals surface area contributed by atoms with Crippen molar-refractivity contribution in [2.75, 3.05) is 11.9 Å². The summed E-state index contributed by atoms with van der Waals surface area (Å²) >= 11 is 3.20. The first-order chi connectivity index (χ1) is 12.5. The van der Waals surface area contributed by atoms with Gasteiger partial charge in [-0.2, -0.15) is 5.10 Å². The Morgan fingerprint density at radius 3 is 2.69 bits per heavy atom. The van der Waals surface area contributed by atoms with Gasteiger partial charge in [-0.05, 0) is 50.5 Å². The smallest absolute Gasteiger partial charge is 0.259 e. The molecule has 0 atom stereocenters. The predicted molar refractivity (Wildman–Crippen MR) is 109 cm³/mol. The third kappa shape index (κ3) is 4.43. The van der Waals surface area contributed by atoms with E-state index in [4.69, 9.17) is 7.85 Å². The van der Waals surface area contributed by atoms with Crippen LogP contribution in [0.3, 0.4) is 0 Å². The number of halogens is 1. The molecule has 7 heteroatoms. The van der Waals surface area contributed by atoms with E-state index in [0.29, 0.717) is 10.0 Å². The molecule has 0 fully saturated rings. The largest absolute Gasteiger partial charge is 0.507 e. The minimum atomic E-state index is -0.278. The molecule has 5 nitrogen and oxygen atoms in total. The van der Waals surface area contributed by atoms with Gasteiger partial charge in [0.15, 0.2) is 0 Å². The number of phenols is 1. The number of carbonyl (C=O) groups excluding carboxylic acids is 1. The van der Waals surface area contributed by atoms with Gasteiger partial charge in [0.25, 0.3) is 5.91 Å². The van der Waals surface area contributed by atoms with Gasteiger partial charge in [0.2, 0.25) is 0 Å². The van der Waals surface area contributed by atoms with E-state index in [1.54, 1.807) is 12.1 Å². The number of hydrogen-bond donors (Lipinski definition) is 3. The zero-order chi connectivity index (χ0) is 18.5. The number of carbonyl (C=O) groups is 1. The number of amides is 1. The Balaban J connectivity index is 1.55. The molecule has 26 heavy (non-hydrogen) atoms. The lowest BCUT2D eigenvalue weighted by Crippen LogP contribution is -2.25. The summed E-state index contributed by atoms with van der Waals surface area (Å²) in [5, 5.41) is 18.8. The Morgan fingerprint density at radius 2 is 1.92 bits per heavy atom. The quantitative estimate of drug-likeness (QED) is 0.346. The first-order valence-corrected chi connectivity index (χ1v) is 8.65. The first-order valence-electron chi connectivity index (χ1n) is 7.85. The van der Waals surface area contributed by atoms with E-state index in [0.717, 1.165) is 16.5 Å². The zero-order valence-electron chi connectivity index (χ0n) is 13.7. The monoisotopic (exact) mass is 407 g/mol. The van der Waals surface area contributed by atoms with E-state index in [9.17, 15) is 9.90 Å². The van der Waals surface area contributed by atoms with Crippen LogP contribution in [-0.4, -0.2) is 31.6 Å². The Bertz CT molecular complexity index is 968.